The number of amides is 1. The molecule has 1 amide bonds. The summed E-state index contributed by atoms with van der Waals surface area (Å²) in [5.41, 5.74) is 1.80. The Balaban J connectivity index is 1.46. The first-order chi connectivity index (χ1) is 13.0. The third-order valence-electron chi connectivity index (χ3n) is 3.36. The molecule has 6 nitrogen and oxygen atoms in total. The van der Waals surface area contributed by atoms with E-state index in [1.54, 1.807) is 18.2 Å². The number of ether oxygens (including phenoxy) is 1. The third kappa shape index (κ3) is 5.98. The molecule has 0 saturated carbocycles. The maximum absolute atomic E-state index is 12.0. The first-order valence-corrected chi connectivity index (χ1v) is 10.0. The van der Waals surface area contributed by atoms with Crippen LogP contribution in [0.1, 0.15) is 11.5 Å². The van der Waals surface area contributed by atoms with Crippen molar-refractivity contribution >= 4 is 50.9 Å². The predicted molar refractivity (Wildman–Crippen MR) is 108 cm³/mol. The molecule has 27 heavy (non-hydrogen) atoms. The number of carbonyl (C=O) groups excluding carboxylic acids is 1. The monoisotopic (exact) mass is 467 g/mol. The van der Waals surface area contributed by atoms with Gasteiger partial charge in [0.2, 0.25) is 5.91 Å². The molecule has 1 heterocycles. The number of nitrogens with zero attached hydrogens (tertiary/aromatic N) is 2. The molecule has 0 atom stereocenters. The Kier molecular flexibility index (Phi) is 6.76. The first-order valence-electron chi connectivity index (χ1n) is 7.89. The molecule has 9 heteroatoms. The van der Waals surface area contributed by atoms with Crippen molar-refractivity contribution in [1.29, 1.82) is 0 Å². The molecule has 0 aliphatic rings. The molecule has 2 aromatic carbocycles. The van der Waals surface area contributed by atoms with Crippen LogP contribution < -0.4 is 10.1 Å². The highest BCUT2D eigenvalue weighted by Crippen LogP contribution is 2.26. The molecule has 3 aromatic rings. The van der Waals surface area contributed by atoms with Gasteiger partial charge < -0.3 is 14.5 Å². The van der Waals surface area contributed by atoms with Gasteiger partial charge in [-0.25, -0.2) is 0 Å². The zero-order chi connectivity index (χ0) is 19.2. The van der Waals surface area contributed by atoms with Gasteiger partial charge in [-0.05, 0) is 53.2 Å². The number of aromatic nitrogens is 2. The van der Waals surface area contributed by atoms with Crippen molar-refractivity contribution < 1.29 is 13.9 Å². The number of rotatable bonds is 7. The summed E-state index contributed by atoms with van der Waals surface area (Å²) in [7, 11) is 0. The zero-order valence-electron chi connectivity index (χ0n) is 14.2. The van der Waals surface area contributed by atoms with Crippen LogP contribution in [0.25, 0.3) is 0 Å². The lowest BCUT2D eigenvalue weighted by Gasteiger charge is -2.05. The molecule has 0 bridgehead atoms. The Morgan fingerprint density at radius 1 is 1.26 bits per heavy atom. The second kappa shape index (κ2) is 9.25. The molecular formula is C18H15BrClN3O3S. The Morgan fingerprint density at radius 2 is 2.04 bits per heavy atom. The molecule has 0 fully saturated rings. The second-order valence-corrected chi connectivity index (χ2v) is 7.72. The minimum absolute atomic E-state index is 0.140. The SMILES string of the molecule is Cc1ccc(OCc2nnc(SCC(=O)Nc3ccc(Cl)c(Br)c3)o2)cc1. The number of aryl methyl sites for hydroxylation is 1. The smallest absolute Gasteiger partial charge is 0.277 e. The minimum Gasteiger partial charge on any atom is -0.484 e. The number of halogens is 2. The summed E-state index contributed by atoms with van der Waals surface area (Å²) in [6.45, 7) is 2.18. The summed E-state index contributed by atoms with van der Waals surface area (Å²) >= 11 is 10.4. The van der Waals surface area contributed by atoms with Crippen molar-refractivity contribution in [2.24, 2.45) is 0 Å². The van der Waals surface area contributed by atoms with Crippen molar-refractivity contribution in [3.05, 3.63) is 63.4 Å². The van der Waals surface area contributed by atoms with Crippen molar-refractivity contribution in [2.45, 2.75) is 18.8 Å². The summed E-state index contributed by atoms with van der Waals surface area (Å²) in [6, 6.07) is 12.8. The van der Waals surface area contributed by atoms with Crippen LogP contribution in [0.3, 0.4) is 0 Å². The molecule has 0 aliphatic heterocycles. The van der Waals surface area contributed by atoms with Gasteiger partial charge in [-0.3, -0.25) is 4.79 Å². The largest absolute Gasteiger partial charge is 0.484 e. The maximum Gasteiger partial charge on any atom is 0.277 e. The molecule has 0 spiro atoms. The normalized spacial score (nSPS) is 10.6. The standard InChI is InChI=1S/C18H15BrClN3O3S/c1-11-2-5-13(6-3-11)25-9-17-22-23-18(26-17)27-10-16(24)21-12-4-7-15(20)14(19)8-12/h2-8H,9-10H2,1H3,(H,21,24). The zero-order valence-corrected chi connectivity index (χ0v) is 17.4. The van der Waals surface area contributed by atoms with Gasteiger partial charge in [-0.2, -0.15) is 0 Å². The number of hydrogen-bond acceptors (Lipinski definition) is 6. The van der Waals surface area contributed by atoms with Gasteiger partial charge in [-0.15, -0.1) is 10.2 Å². The molecule has 3 rings (SSSR count). The fourth-order valence-corrected chi connectivity index (χ4v) is 3.11. The highest BCUT2D eigenvalue weighted by molar-refractivity contribution is 9.10. The van der Waals surface area contributed by atoms with E-state index in [9.17, 15) is 4.79 Å². The number of benzene rings is 2. The fourth-order valence-electron chi connectivity index (χ4n) is 2.03. The minimum atomic E-state index is -0.190. The van der Waals surface area contributed by atoms with Gasteiger partial charge in [0.05, 0.1) is 10.8 Å². The lowest BCUT2D eigenvalue weighted by atomic mass is 10.2. The van der Waals surface area contributed by atoms with Crippen LogP contribution in [0.15, 0.2) is 56.6 Å². The first kappa shape index (κ1) is 19.7. The summed E-state index contributed by atoms with van der Waals surface area (Å²) in [5, 5.41) is 11.5. The molecule has 0 saturated heterocycles. The Morgan fingerprint density at radius 3 is 2.78 bits per heavy atom. The van der Waals surface area contributed by atoms with Gasteiger partial charge in [0, 0.05) is 10.2 Å². The van der Waals surface area contributed by atoms with Crippen LogP contribution in [0, 0.1) is 6.92 Å². The van der Waals surface area contributed by atoms with Crippen LogP contribution in [-0.2, 0) is 11.4 Å². The fraction of sp³-hybridized carbons (Fsp3) is 0.167. The van der Waals surface area contributed by atoms with Crippen LogP contribution in [0.4, 0.5) is 5.69 Å². The van der Waals surface area contributed by atoms with Crippen LogP contribution in [0.5, 0.6) is 5.75 Å². The van der Waals surface area contributed by atoms with Crippen molar-refractivity contribution in [2.75, 3.05) is 11.1 Å². The van der Waals surface area contributed by atoms with E-state index in [0.717, 1.165) is 23.1 Å². The molecule has 140 valence electrons. The quantitative estimate of drug-likeness (QED) is 0.486. The topological polar surface area (TPSA) is 77.2 Å². The van der Waals surface area contributed by atoms with E-state index in [0.29, 0.717) is 26.3 Å². The number of nitrogens with one attached hydrogen (secondary N) is 1. The summed E-state index contributed by atoms with van der Waals surface area (Å²) in [4.78, 5) is 12.0. The van der Waals surface area contributed by atoms with E-state index in [1.807, 2.05) is 31.2 Å². The van der Waals surface area contributed by atoms with Gasteiger partial charge >= 0.3 is 0 Å². The van der Waals surface area contributed by atoms with Gasteiger partial charge in [-0.1, -0.05) is 41.1 Å². The van der Waals surface area contributed by atoms with Gasteiger partial charge in [0.25, 0.3) is 11.1 Å². The summed E-state index contributed by atoms with van der Waals surface area (Å²) in [6.07, 6.45) is 0. The van der Waals surface area contributed by atoms with E-state index in [2.05, 4.69) is 31.4 Å². The van der Waals surface area contributed by atoms with Crippen molar-refractivity contribution in [3.8, 4) is 5.75 Å². The highest BCUT2D eigenvalue weighted by atomic mass is 79.9. The van der Waals surface area contributed by atoms with Crippen molar-refractivity contribution in [3.63, 3.8) is 0 Å². The van der Waals surface area contributed by atoms with E-state index < -0.39 is 0 Å². The van der Waals surface area contributed by atoms with E-state index in [-0.39, 0.29) is 18.3 Å². The average Bonchev–Trinajstić information content (AvgIpc) is 3.11. The molecule has 0 aliphatic carbocycles. The Hall–Kier alpha value is -2.03. The molecule has 0 unspecified atom stereocenters. The van der Waals surface area contributed by atoms with Crippen LogP contribution in [0.2, 0.25) is 5.02 Å². The number of anilines is 1. The highest BCUT2D eigenvalue weighted by Gasteiger charge is 2.11. The molecular weight excluding hydrogens is 454 g/mol. The van der Waals surface area contributed by atoms with E-state index >= 15 is 0 Å². The molecule has 1 aromatic heterocycles. The Labute approximate surface area is 173 Å². The van der Waals surface area contributed by atoms with E-state index in [4.69, 9.17) is 20.8 Å². The molecule has 1 N–H and O–H groups in total. The maximum atomic E-state index is 12.0. The number of carbonyl (C=O) groups is 1. The number of thioether (sulfide) groups is 1. The second-order valence-electron chi connectivity index (χ2n) is 5.53. The van der Waals surface area contributed by atoms with Gasteiger partial charge in [0.15, 0.2) is 6.61 Å². The summed E-state index contributed by atoms with van der Waals surface area (Å²) < 4.78 is 11.8. The lowest BCUT2D eigenvalue weighted by molar-refractivity contribution is -0.113. The Bertz CT molecular complexity index is 934. The van der Waals surface area contributed by atoms with Crippen molar-refractivity contribution in [1.82, 2.24) is 10.2 Å². The average molecular weight is 469 g/mol. The van der Waals surface area contributed by atoms with Crippen LogP contribution >= 0.6 is 39.3 Å². The lowest BCUT2D eigenvalue weighted by Crippen LogP contribution is -2.13. The predicted octanol–water partition coefficient (Wildman–Crippen LogP) is 5.10. The summed E-state index contributed by atoms with van der Waals surface area (Å²) in [5.74, 6) is 1.02. The van der Waals surface area contributed by atoms with Crippen LogP contribution in [-0.4, -0.2) is 21.9 Å². The third-order valence-corrected chi connectivity index (χ3v) is 5.39. The number of hydrogen-bond donors (Lipinski definition) is 1. The van der Waals surface area contributed by atoms with Gasteiger partial charge in [0.1, 0.15) is 5.75 Å². The molecule has 0 radical (unpaired) electrons. The van der Waals surface area contributed by atoms with E-state index in [1.165, 1.54) is 0 Å².